The van der Waals surface area contributed by atoms with Gasteiger partial charge >= 0.3 is 18.2 Å². The van der Waals surface area contributed by atoms with Crippen molar-refractivity contribution in [3.8, 4) is 5.75 Å². The maximum absolute atomic E-state index is 13.8. The van der Waals surface area contributed by atoms with Crippen LogP contribution < -0.4 is 25.7 Å². The Kier molecular flexibility index (Phi) is 18.5. The number of carbonyl (C=O) groups excluding carboxylic acids is 3. The number of piperazine rings is 2. The Morgan fingerprint density at radius 1 is 0.922 bits per heavy atom. The fourth-order valence-corrected chi connectivity index (χ4v) is 7.03. The van der Waals surface area contributed by atoms with E-state index in [1.54, 1.807) is 25.1 Å². The van der Waals surface area contributed by atoms with Gasteiger partial charge in [0.2, 0.25) is 11.2 Å². The van der Waals surface area contributed by atoms with Gasteiger partial charge in [-0.2, -0.15) is 13.2 Å². The van der Waals surface area contributed by atoms with Gasteiger partial charge in [-0.15, -0.1) is 0 Å². The van der Waals surface area contributed by atoms with Gasteiger partial charge in [0.15, 0.2) is 28.5 Å². The lowest BCUT2D eigenvalue weighted by atomic mass is 10.00. The highest BCUT2D eigenvalue weighted by molar-refractivity contribution is 9.10. The molecule has 1 amide bonds. The Labute approximate surface area is 384 Å². The second kappa shape index (κ2) is 23.1. The summed E-state index contributed by atoms with van der Waals surface area (Å²) in [5.74, 6) is -2.35. The third kappa shape index (κ3) is 14.4. The molecule has 1 unspecified atom stereocenters. The van der Waals surface area contributed by atoms with Gasteiger partial charge in [0.05, 0.1) is 19.5 Å². The van der Waals surface area contributed by atoms with Crippen LogP contribution in [0.5, 0.6) is 5.75 Å². The molecule has 2 aliphatic rings. The van der Waals surface area contributed by atoms with Crippen molar-refractivity contribution in [3.05, 3.63) is 73.0 Å². The van der Waals surface area contributed by atoms with E-state index < -0.39 is 35.7 Å². The van der Waals surface area contributed by atoms with Crippen molar-refractivity contribution in [1.82, 2.24) is 40.0 Å². The number of methoxy groups -OCH3 is 1. The summed E-state index contributed by atoms with van der Waals surface area (Å²) in [5.41, 5.74) is 3.03. The molecule has 6 rings (SSSR count). The zero-order valence-electron chi connectivity index (χ0n) is 36.1. The lowest BCUT2D eigenvalue weighted by Gasteiger charge is -2.38. The molecule has 2 aliphatic heterocycles. The van der Waals surface area contributed by atoms with Crippen molar-refractivity contribution < 1.29 is 46.9 Å². The molecule has 64 heavy (non-hydrogen) atoms. The van der Waals surface area contributed by atoms with Crippen molar-refractivity contribution in [2.75, 3.05) is 69.7 Å². The number of benzene rings is 1. The second-order valence-corrected chi connectivity index (χ2v) is 16.9. The Balaban J connectivity index is 0.000000275. The molecular formula is C41H51Br2F3N10O8. The topological polar surface area (TPSA) is 225 Å². The standard InChI is InChI=1S/C26H34BrN5O5.C13H16BrN5O.C2HF3O2/c1-6-19(33)22(31-11-13-32(14-12-31)25(35)37-26(2,3)4)23(34)21-24(29-16-20(27)30-21)28-15-17-7-9-18(36-5)10-8-17;1-2-8-11(19-5-3-15-4-6-19)12(20)10-13(17-8)16-7-9(14)18-10;3-2(4,5)1(6)7/h7-10,16,22H,6,11-15H2,1-5H3,(H,28,29);7,15H,2-6H2,1H3,(H,16,17,20);(H,6,7). The number of carbonyl (C=O) groups is 4. The summed E-state index contributed by atoms with van der Waals surface area (Å²) in [6.07, 6.45) is -1.42. The van der Waals surface area contributed by atoms with Gasteiger partial charge in [-0.05, 0) is 76.7 Å². The first kappa shape index (κ1) is 51.4. The molecule has 5 heterocycles. The molecule has 1 atom stereocenters. The fourth-order valence-electron chi connectivity index (χ4n) is 6.47. The number of alkyl halides is 3. The van der Waals surface area contributed by atoms with Gasteiger partial charge in [-0.3, -0.25) is 19.3 Å². The van der Waals surface area contributed by atoms with Crippen LogP contribution in [0.3, 0.4) is 0 Å². The summed E-state index contributed by atoms with van der Waals surface area (Å²) in [5, 5.41) is 13.6. The Hall–Kier alpha value is -5.26. The van der Waals surface area contributed by atoms with Crippen molar-refractivity contribution in [3.63, 3.8) is 0 Å². The minimum Gasteiger partial charge on any atom is -0.497 e. The van der Waals surface area contributed by atoms with Crippen molar-refractivity contribution >= 4 is 78.2 Å². The number of aryl methyl sites for hydroxylation is 1. The predicted octanol–water partition coefficient (Wildman–Crippen LogP) is 5.63. The Morgan fingerprint density at radius 3 is 2.06 bits per heavy atom. The van der Waals surface area contributed by atoms with E-state index in [4.69, 9.17) is 19.4 Å². The number of aromatic nitrogens is 5. The number of anilines is 2. The fraction of sp³-hybridized carbons (Fsp3) is 0.488. The van der Waals surface area contributed by atoms with E-state index in [1.807, 2.05) is 56.9 Å². The van der Waals surface area contributed by atoms with E-state index in [1.165, 1.54) is 6.20 Å². The monoisotopic (exact) mass is 1030 g/mol. The second-order valence-electron chi connectivity index (χ2n) is 15.2. The molecule has 0 saturated carbocycles. The van der Waals surface area contributed by atoms with Crippen LogP contribution in [0.2, 0.25) is 0 Å². The van der Waals surface area contributed by atoms with Crippen LogP contribution in [0, 0.1) is 0 Å². The molecule has 3 aromatic heterocycles. The molecule has 4 N–H and O–H groups in total. The number of amides is 1. The third-order valence-electron chi connectivity index (χ3n) is 9.59. The molecule has 0 bridgehead atoms. The van der Waals surface area contributed by atoms with Crippen LogP contribution >= 0.6 is 31.9 Å². The summed E-state index contributed by atoms with van der Waals surface area (Å²) >= 11 is 6.57. The molecule has 23 heteroatoms. The van der Waals surface area contributed by atoms with E-state index in [2.05, 4.69) is 72.3 Å². The van der Waals surface area contributed by atoms with Crippen LogP contribution in [0.25, 0.3) is 11.2 Å². The number of hydrogen-bond acceptors (Lipinski definition) is 15. The molecule has 348 valence electrons. The number of ether oxygens (including phenoxy) is 2. The lowest BCUT2D eigenvalue weighted by molar-refractivity contribution is -0.192. The highest BCUT2D eigenvalue weighted by Gasteiger charge is 2.39. The van der Waals surface area contributed by atoms with Gasteiger partial charge in [-0.25, -0.2) is 29.5 Å². The number of carboxylic acid groups (broad SMARTS) is 1. The number of pyridine rings is 1. The summed E-state index contributed by atoms with van der Waals surface area (Å²) in [6, 6.07) is 6.50. The largest absolute Gasteiger partial charge is 0.497 e. The molecule has 1 aromatic carbocycles. The molecule has 2 saturated heterocycles. The molecule has 0 aliphatic carbocycles. The number of aromatic amines is 1. The number of ketones is 2. The molecule has 2 fully saturated rings. The highest BCUT2D eigenvalue weighted by Crippen LogP contribution is 2.23. The molecule has 18 nitrogen and oxygen atoms in total. The molecule has 0 spiro atoms. The lowest BCUT2D eigenvalue weighted by Crippen LogP contribution is -2.57. The van der Waals surface area contributed by atoms with Gasteiger partial charge in [0.1, 0.15) is 32.3 Å². The number of nitrogens with one attached hydrogen (secondary N) is 3. The maximum atomic E-state index is 13.8. The number of rotatable bonds is 11. The number of carboxylic acids is 1. The minimum atomic E-state index is -5.08. The number of fused-ring (bicyclic) bond motifs is 1. The quantitative estimate of drug-likeness (QED) is 0.106. The predicted molar refractivity (Wildman–Crippen MR) is 239 cm³/mol. The number of nitrogens with zero attached hydrogens (tertiary/aromatic N) is 7. The number of aliphatic carboxylic acids is 1. The minimum absolute atomic E-state index is 0.0358. The first-order valence-corrected chi connectivity index (χ1v) is 21.8. The van der Waals surface area contributed by atoms with E-state index in [9.17, 15) is 32.3 Å². The summed E-state index contributed by atoms with van der Waals surface area (Å²) in [4.78, 5) is 86.9. The van der Waals surface area contributed by atoms with Crippen LogP contribution in [0.1, 0.15) is 62.8 Å². The van der Waals surface area contributed by atoms with Crippen molar-refractivity contribution in [1.29, 1.82) is 0 Å². The zero-order valence-corrected chi connectivity index (χ0v) is 39.3. The molecule has 0 radical (unpaired) electrons. The van der Waals surface area contributed by atoms with Crippen LogP contribution in [0.15, 0.2) is 50.7 Å². The Morgan fingerprint density at radius 2 is 1.52 bits per heavy atom. The summed E-state index contributed by atoms with van der Waals surface area (Å²) in [7, 11) is 1.61. The number of Topliss-reactive ketones (excluding diaryl/α,β-unsaturated/α-hetero) is 2. The maximum Gasteiger partial charge on any atom is 0.490 e. The van der Waals surface area contributed by atoms with Crippen molar-refractivity contribution in [2.45, 2.75) is 71.8 Å². The number of H-pyrrole nitrogens is 1. The molecule has 4 aromatic rings. The molecular weight excluding hydrogens is 977 g/mol. The summed E-state index contributed by atoms with van der Waals surface area (Å²) < 4.78 is 43.4. The number of halogens is 5. The Bertz CT molecular complexity index is 2320. The third-order valence-corrected chi connectivity index (χ3v) is 10.4. The van der Waals surface area contributed by atoms with Crippen LogP contribution in [-0.4, -0.2) is 141 Å². The first-order chi connectivity index (χ1) is 30.2. The van der Waals surface area contributed by atoms with Crippen molar-refractivity contribution in [2.24, 2.45) is 0 Å². The van der Waals surface area contributed by atoms with E-state index in [0.717, 1.165) is 55.3 Å². The average Bonchev–Trinajstić information content (AvgIpc) is 3.26. The van der Waals surface area contributed by atoms with Crippen LogP contribution in [0.4, 0.5) is 29.5 Å². The van der Waals surface area contributed by atoms with Gasteiger partial charge in [0.25, 0.3) is 0 Å². The smallest absolute Gasteiger partial charge is 0.490 e. The normalized spacial score (nSPS) is 14.9. The number of hydrogen-bond donors (Lipinski definition) is 4. The average molecular weight is 1030 g/mol. The zero-order chi connectivity index (χ0) is 47.4. The first-order valence-electron chi connectivity index (χ1n) is 20.2. The highest BCUT2D eigenvalue weighted by atomic mass is 79.9. The van der Waals surface area contributed by atoms with Gasteiger partial charge in [-0.1, -0.05) is 26.0 Å². The van der Waals surface area contributed by atoms with Gasteiger partial charge in [0, 0.05) is 71.0 Å². The summed E-state index contributed by atoms with van der Waals surface area (Å²) in [6.45, 7) is 14.5. The van der Waals surface area contributed by atoms with E-state index >= 15 is 0 Å². The van der Waals surface area contributed by atoms with E-state index in [-0.39, 0.29) is 23.3 Å². The SMILES string of the molecule is CCC(=O)C(C(=O)c1nc(Br)cnc1NCc1ccc(OC)cc1)N1CCN(C(=O)OC(C)(C)C)CC1.CCc1[nH]c2ncc(Br)nc2c(=O)c1N1CCNCC1.O=C(O)C(F)(F)F. The van der Waals surface area contributed by atoms with Crippen LogP contribution in [-0.2, 0) is 27.3 Å². The van der Waals surface area contributed by atoms with Gasteiger partial charge < -0.3 is 40.0 Å². The van der Waals surface area contributed by atoms with E-state index in [0.29, 0.717) is 58.9 Å².